The summed E-state index contributed by atoms with van der Waals surface area (Å²) in [5.74, 6) is 0.00405. The van der Waals surface area contributed by atoms with E-state index in [-0.39, 0.29) is 0 Å². The highest BCUT2D eigenvalue weighted by atomic mass is 32.1. The van der Waals surface area contributed by atoms with E-state index in [0.29, 0.717) is 0 Å². The number of hydrogen-bond donors (Lipinski definition) is 1. The summed E-state index contributed by atoms with van der Waals surface area (Å²) in [6.07, 6.45) is 11.3. The van der Waals surface area contributed by atoms with Crippen molar-refractivity contribution in [1.82, 2.24) is 4.98 Å². The number of nitrogens with zero attached hydrogens (tertiary/aromatic N) is 1. The molecule has 3 rings (SSSR count). The molecule has 0 atom stereocenters. The van der Waals surface area contributed by atoms with Crippen LogP contribution in [-0.4, -0.2) is 16.1 Å². The molecule has 4 heteroatoms. The lowest BCUT2D eigenvalue weighted by molar-refractivity contribution is -0.134. The Labute approximate surface area is 129 Å². The average Bonchev–Trinajstić information content (AvgIpc) is 3.06. The maximum absolute atomic E-state index is 9.00. The summed E-state index contributed by atoms with van der Waals surface area (Å²) in [7, 11) is 0. The molecule has 1 aromatic heterocycles. The molecule has 0 bridgehead atoms. The highest BCUT2D eigenvalue weighted by Gasteiger charge is 2.11. The lowest BCUT2D eigenvalue weighted by atomic mass is 10.1. The van der Waals surface area contributed by atoms with Crippen LogP contribution in [0.15, 0.2) is 36.4 Å². The molecule has 1 fully saturated rings. The van der Waals surface area contributed by atoms with Crippen LogP contribution in [0, 0.1) is 5.92 Å². The second-order valence-electron chi connectivity index (χ2n) is 5.27. The molecule has 0 spiro atoms. The van der Waals surface area contributed by atoms with Crippen LogP contribution < -0.4 is 0 Å². The van der Waals surface area contributed by atoms with E-state index in [0.717, 1.165) is 24.8 Å². The number of hydrogen-bond acceptors (Lipinski definition) is 3. The summed E-state index contributed by atoms with van der Waals surface area (Å²) in [6.45, 7) is 1.08. The summed E-state index contributed by atoms with van der Waals surface area (Å²) < 4.78 is 1.30. The van der Waals surface area contributed by atoms with Crippen molar-refractivity contribution in [3.8, 4) is 0 Å². The number of benzene rings is 1. The number of rotatable bonds is 3. The SMILES string of the molecule is C(=C\C1CCCC1)/Cc1nc2ccccc2s1.CC(=O)O. The first-order chi connectivity index (χ1) is 10.1. The molecule has 1 heterocycles. The number of carbonyl (C=O) groups is 1. The van der Waals surface area contributed by atoms with Crippen molar-refractivity contribution in [3.63, 3.8) is 0 Å². The minimum absolute atomic E-state index is 0.833. The molecular formula is C17H21NO2S. The van der Waals surface area contributed by atoms with Gasteiger partial charge in [-0.25, -0.2) is 4.98 Å². The summed E-state index contributed by atoms with van der Waals surface area (Å²) in [5.41, 5.74) is 1.14. The molecule has 1 aromatic carbocycles. The standard InChI is InChI=1S/C15H17NS.C2H4O2/c1-2-7-12(6-1)8-5-11-15-16-13-9-3-4-10-14(13)17-15;1-2(3)4/h3-5,8-10,12H,1-2,6-7,11H2;1H3,(H,3,4)/b8-5+;. The predicted molar refractivity (Wildman–Crippen MR) is 87.7 cm³/mol. The summed E-state index contributed by atoms with van der Waals surface area (Å²) in [5, 5.41) is 8.65. The minimum atomic E-state index is -0.833. The van der Waals surface area contributed by atoms with Crippen LogP contribution >= 0.6 is 11.3 Å². The lowest BCUT2D eigenvalue weighted by Crippen LogP contribution is -1.86. The molecule has 1 aliphatic rings. The first-order valence-corrected chi connectivity index (χ1v) is 8.17. The molecule has 112 valence electrons. The van der Waals surface area contributed by atoms with Crippen molar-refractivity contribution in [3.05, 3.63) is 41.4 Å². The van der Waals surface area contributed by atoms with Crippen LogP contribution in [0.3, 0.4) is 0 Å². The van der Waals surface area contributed by atoms with Crippen molar-refractivity contribution in [1.29, 1.82) is 0 Å². The topological polar surface area (TPSA) is 50.2 Å². The maximum atomic E-state index is 9.00. The highest BCUT2D eigenvalue weighted by molar-refractivity contribution is 7.18. The van der Waals surface area contributed by atoms with E-state index >= 15 is 0 Å². The van der Waals surface area contributed by atoms with Crippen molar-refractivity contribution < 1.29 is 9.90 Å². The zero-order valence-electron chi connectivity index (χ0n) is 12.3. The summed E-state index contributed by atoms with van der Waals surface area (Å²) in [4.78, 5) is 13.6. The highest BCUT2D eigenvalue weighted by Crippen LogP contribution is 2.26. The van der Waals surface area contributed by atoms with Gasteiger partial charge in [0.2, 0.25) is 0 Å². The number of thiazole rings is 1. The largest absolute Gasteiger partial charge is 0.481 e. The molecule has 1 aliphatic carbocycles. The zero-order valence-corrected chi connectivity index (χ0v) is 13.1. The Balaban J connectivity index is 0.000000361. The van der Waals surface area contributed by atoms with E-state index in [1.165, 1.54) is 35.4 Å². The molecule has 0 radical (unpaired) electrons. The van der Waals surface area contributed by atoms with E-state index in [1.54, 1.807) is 0 Å². The number of allylic oxidation sites excluding steroid dienone is 2. The Morgan fingerprint density at radius 1 is 1.38 bits per heavy atom. The molecule has 2 aromatic rings. The van der Waals surface area contributed by atoms with Gasteiger partial charge in [0.05, 0.1) is 15.2 Å². The molecule has 1 N–H and O–H groups in total. The Bertz CT molecular complexity index is 575. The Morgan fingerprint density at radius 2 is 2.05 bits per heavy atom. The summed E-state index contributed by atoms with van der Waals surface area (Å²) >= 11 is 1.82. The van der Waals surface area contributed by atoms with E-state index in [9.17, 15) is 0 Å². The zero-order chi connectivity index (χ0) is 15.1. The van der Waals surface area contributed by atoms with Crippen molar-refractivity contribution >= 4 is 27.5 Å². The molecular weight excluding hydrogens is 282 g/mol. The third kappa shape index (κ3) is 5.31. The number of para-hydroxylation sites is 1. The van der Waals surface area contributed by atoms with E-state index in [1.807, 2.05) is 11.3 Å². The Kier molecular flexibility index (Phi) is 5.93. The number of carboxylic acid groups (broad SMARTS) is 1. The predicted octanol–water partition coefficient (Wildman–Crippen LogP) is 4.68. The van der Waals surface area contributed by atoms with Crippen LogP contribution in [0.25, 0.3) is 10.2 Å². The molecule has 21 heavy (non-hydrogen) atoms. The number of fused-ring (bicyclic) bond motifs is 1. The van der Waals surface area contributed by atoms with Gasteiger partial charge in [-0.2, -0.15) is 0 Å². The quantitative estimate of drug-likeness (QED) is 0.838. The van der Waals surface area contributed by atoms with E-state index in [4.69, 9.17) is 9.90 Å². The Hall–Kier alpha value is -1.68. The second kappa shape index (κ2) is 7.93. The first-order valence-electron chi connectivity index (χ1n) is 7.36. The van der Waals surface area contributed by atoms with Crippen molar-refractivity contribution in [2.75, 3.05) is 0 Å². The molecule has 0 aliphatic heterocycles. The molecule has 1 saturated carbocycles. The maximum Gasteiger partial charge on any atom is 0.300 e. The van der Waals surface area contributed by atoms with Gasteiger partial charge in [-0.1, -0.05) is 37.1 Å². The van der Waals surface area contributed by atoms with Gasteiger partial charge in [0.15, 0.2) is 0 Å². The van der Waals surface area contributed by atoms with E-state index < -0.39 is 5.97 Å². The monoisotopic (exact) mass is 303 g/mol. The van der Waals surface area contributed by atoms with Crippen molar-refractivity contribution in [2.24, 2.45) is 5.92 Å². The van der Waals surface area contributed by atoms with Gasteiger partial charge in [-0.05, 0) is 30.9 Å². The fraction of sp³-hybridized carbons (Fsp3) is 0.412. The van der Waals surface area contributed by atoms with Gasteiger partial charge in [0.25, 0.3) is 5.97 Å². The Morgan fingerprint density at radius 3 is 2.71 bits per heavy atom. The van der Waals surface area contributed by atoms with Gasteiger partial charge in [0, 0.05) is 13.3 Å². The molecule has 3 nitrogen and oxygen atoms in total. The van der Waals surface area contributed by atoms with Gasteiger partial charge >= 0.3 is 0 Å². The number of aliphatic carboxylic acids is 1. The smallest absolute Gasteiger partial charge is 0.300 e. The van der Waals surface area contributed by atoms with Gasteiger partial charge < -0.3 is 5.11 Å². The third-order valence-electron chi connectivity index (χ3n) is 3.44. The molecule has 0 saturated heterocycles. The second-order valence-corrected chi connectivity index (χ2v) is 6.39. The van der Waals surface area contributed by atoms with E-state index in [2.05, 4.69) is 41.4 Å². The fourth-order valence-corrected chi connectivity index (χ4v) is 3.46. The summed E-state index contributed by atoms with van der Waals surface area (Å²) in [6, 6.07) is 8.38. The van der Waals surface area contributed by atoms with Crippen molar-refractivity contribution in [2.45, 2.75) is 39.0 Å². The van der Waals surface area contributed by atoms with Gasteiger partial charge in [0.1, 0.15) is 0 Å². The minimum Gasteiger partial charge on any atom is -0.481 e. The third-order valence-corrected chi connectivity index (χ3v) is 4.50. The van der Waals surface area contributed by atoms with Crippen LogP contribution in [0.5, 0.6) is 0 Å². The van der Waals surface area contributed by atoms with Gasteiger partial charge in [-0.15, -0.1) is 11.3 Å². The lowest BCUT2D eigenvalue weighted by Gasteiger charge is -1.98. The van der Waals surface area contributed by atoms with Gasteiger partial charge in [-0.3, -0.25) is 4.79 Å². The average molecular weight is 303 g/mol. The van der Waals surface area contributed by atoms with Crippen LogP contribution in [0.2, 0.25) is 0 Å². The number of carboxylic acids is 1. The number of aromatic nitrogens is 1. The van der Waals surface area contributed by atoms with Crippen LogP contribution in [-0.2, 0) is 11.2 Å². The molecule has 0 amide bonds. The van der Waals surface area contributed by atoms with Crippen LogP contribution in [0.4, 0.5) is 0 Å². The first kappa shape index (κ1) is 15.7. The fourth-order valence-electron chi connectivity index (χ4n) is 2.52. The van der Waals surface area contributed by atoms with Crippen LogP contribution in [0.1, 0.15) is 37.6 Å². The molecule has 0 unspecified atom stereocenters. The normalized spacial score (nSPS) is 15.3.